The Bertz CT molecular complexity index is 1450. The molecule has 1 amide bonds. The van der Waals surface area contributed by atoms with E-state index >= 15 is 0 Å². The van der Waals surface area contributed by atoms with Gasteiger partial charge in [-0.15, -0.1) is 0 Å². The predicted molar refractivity (Wildman–Crippen MR) is 117 cm³/mol. The fourth-order valence-electron chi connectivity index (χ4n) is 2.65. The number of benzene rings is 2. The third kappa shape index (κ3) is 5.12. The summed E-state index contributed by atoms with van der Waals surface area (Å²) < 4.78 is 48.0. The van der Waals surface area contributed by atoms with Crippen molar-refractivity contribution < 1.29 is 22.3 Å². The van der Waals surface area contributed by atoms with Gasteiger partial charge in [-0.25, -0.2) is 22.3 Å². The molecule has 0 spiro atoms. The van der Waals surface area contributed by atoms with Crippen LogP contribution in [0.1, 0.15) is 12.5 Å². The summed E-state index contributed by atoms with van der Waals surface area (Å²) >= 11 is 6.00. The number of aryl methyl sites for hydroxylation is 1. The van der Waals surface area contributed by atoms with E-state index in [1.54, 1.807) is 19.1 Å². The minimum Gasteiger partial charge on any atom is -0.479 e. The maximum atomic E-state index is 14.5. The average molecular weight is 497 g/mol. The van der Waals surface area contributed by atoms with Gasteiger partial charge in [-0.2, -0.15) is 9.78 Å². The van der Waals surface area contributed by atoms with E-state index in [-0.39, 0.29) is 15.7 Å². The Labute approximate surface area is 192 Å². The van der Waals surface area contributed by atoms with Gasteiger partial charge in [0, 0.05) is 13.1 Å². The summed E-state index contributed by atoms with van der Waals surface area (Å²) in [5.41, 5.74) is -1.17. The summed E-state index contributed by atoms with van der Waals surface area (Å²) in [6.45, 7) is 3.04. The number of amides is 1. The molecule has 0 saturated heterocycles. The fraction of sp³-hybridized carbons (Fsp3) is 0.200. The van der Waals surface area contributed by atoms with E-state index in [0.29, 0.717) is 9.25 Å². The first-order chi connectivity index (χ1) is 15.4. The van der Waals surface area contributed by atoms with Crippen molar-refractivity contribution in [3.05, 3.63) is 79.8 Å². The number of carbonyl (C=O) groups excluding carboxylic acids is 1. The number of halogens is 2. The van der Waals surface area contributed by atoms with Gasteiger partial charge in [-0.3, -0.25) is 14.2 Å². The molecule has 3 rings (SSSR count). The molecule has 0 saturated carbocycles. The Hall–Kier alpha value is -3.51. The molecule has 0 bridgehead atoms. The zero-order valence-electron chi connectivity index (χ0n) is 17.6. The molecule has 10 nitrogen and oxygen atoms in total. The van der Waals surface area contributed by atoms with Crippen LogP contribution in [0, 0.1) is 12.7 Å². The van der Waals surface area contributed by atoms with Crippen LogP contribution in [0.3, 0.4) is 0 Å². The smallest absolute Gasteiger partial charge is 0.352 e. The fourth-order valence-corrected chi connectivity index (χ4v) is 3.89. The van der Waals surface area contributed by atoms with Gasteiger partial charge in [-0.05, 0) is 32.0 Å². The van der Waals surface area contributed by atoms with Gasteiger partial charge in [-0.1, -0.05) is 29.3 Å². The Morgan fingerprint density at radius 1 is 1.21 bits per heavy atom. The summed E-state index contributed by atoms with van der Waals surface area (Å²) in [5.74, 6) is -2.17. The van der Waals surface area contributed by atoms with Crippen molar-refractivity contribution in [3.63, 3.8) is 0 Å². The summed E-state index contributed by atoms with van der Waals surface area (Å²) in [7, 11) is -2.97. The van der Waals surface area contributed by atoms with Crippen molar-refractivity contribution in [3.8, 4) is 11.4 Å². The molecule has 0 fully saturated rings. The van der Waals surface area contributed by atoms with E-state index in [4.69, 9.17) is 16.3 Å². The van der Waals surface area contributed by atoms with Crippen LogP contribution in [0.25, 0.3) is 5.69 Å². The predicted octanol–water partition coefficient (Wildman–Crippen LogP) is 1.30. The molecule has 2 aromatic carbocycles. The lowest BCUT2D eigenvalue weighted by atomic mass is 10.2. The molecular formula is C20H18ClFN4O6S. The maximum absolute atomic E-state index is 14.5. The summed E-state index contributed by atoms with van der Waals surface area (Å²) in [4.78, 5) is 36.1. The van der Waals surface area contributed by atoms with Crippen molar-refractivity contribution in [2.45, 2.75) is 24.8 Å². The van der Waals surface area contributed by atoms with Crippen molar-refractivity contribution >= 4 is 27.5 Å². The van der Waals surface area contributed by atoms with Crippen LogP contribution in [0.4, 0.5) is 4.39 Å². The van der Waals surface area contributed by atoms with E-state index in [1.165, 1.54) is 26.1 Å². The van der Waals surface area contributed by atoms with Crippen LogP contribution in [0.2, 0.25) is 5.02 Å². The number of nitrogens with one attached hydrogen (secondary N) is 1. The molecule has 174 valence electrons. The van der Waals surface area contributed by atoms with Crippen LogP contribution >= 0.6 is 11.6 Å². The zero-order chi connectivity index (χ0) is 24.5. The monoisotopic (exact) mass is 496 g/mol. The van der Waals surface area contributed by atoms with Gasteiger partial charge in [0.25, 0.3) is 21.5 Å². The number of carbonyl (C=O) groups is 1. The standard InChI is InChI=1S/C20H18ClFN4O6S/c1-11-4-6-13(7-5-11)33(30,31)24-19(28)12(2)32-17-9-16(15(22)8-14(17)21)26-20(29)25(3)18(27)10-23-26/h4-10,12H,1-3H3,(H,24,28). The first-order valence-corrected chi connectivity index (χ1v) is 11.2. The largest absolute Gasteiger partial charge is 0.479 e. The van der Waals surface area contributed by atoms with Crippen LogP contribution in [0.5, 0.6) is 5.75 Å². The van der Waals surface area contributed by atoms with E-state index in [0.717, 1.165) is 23.9 Å². The van der Waals surface area contributed by atoms with E-state index < -0.39 is 44.8 Å². The molecule has 0 radical (unpaired) electrons. The van der Waals surface area contributed by atoms with Crippen LogP contribution in [0.15, 0.2) is 57.1 Å². The second-order valence-corrected chi connectivity index (χ2v) is 9.10. The maximum Gasteiger partial charge on any atom is 0.352 e. The van der Waals surface area contributed by atoms with Crippen LogP contribution < -0.4 is 20.7 Å². The quantitative estimate of drug-likeness (QED) is 0.544. The molecule has 1 heterocycles. The van der Waals surface area contributed by atoms with E-state index in [2.05, 4.69) is 5.10 Å². The molecule has 0 aliphatic carbocycles. The average Bonchev–Trinajstić information content (AvgIpc) is 2.74. The topological polar surface area (TPSA) is 129 Å². The highest BCUT2D eigenvalue weighted by molar-refractivity contribution is 7.90. The molecule has 1 N–H and O–H groups in total. The third-order valence-electron chi connectivity index (χ3n) is 4.55. The molecule has 3 aromatic rings. The van der Waals surface area contributed by atoms with Crippen molar-refractivity contribution in [2.75, 3.05) is 0 Å². The first kappa shape index (κ1) is 24.1. The Kier molecular flexibility index (Phi) is 6.70. The van der Waals surface area contributed by atoms with Gasteiger partial charge in [0.15, 0.2) is 11.9 Å². The van der Waals surface area contributed by atoms with Crippen molar-refractivity contribution in [2.24, 2.45) is 7.05 Å². The molecule has 1 aromatic heterocycles. The lowest BCUT2D eigenvalue weighted by molar-refractivity contribution is -0.125. The third-order valence-corrected chi connectivity index (χ3v) is 6.21. The molecule has 0 aliphatic heterocycles. The molecule has 13 heteroatoms. The van der Waals surface area contributed by atoms with Crippen molar-refractivity contribution in [1.29, 1.82) is 0 Å². The van der Waals surface area contributed by atoms with Crippen molar-refractivity contribution in [1.82, 2.24) is 19.1 Å². The first-order valence-electron chi connectivity index (χ1n) is 9.35. The Balaban J connectivity index is 1.87. The number of hydrogen-bond acceptors (Lipinski definition) is 7. The summed E-state index contributed by atoms with van der Waals surface area (Å²) in [5, 5.41) is 3.38. The summed E-state index contributed by atoms with van der Waals surface area (Å²) in [6, 6.07) is 7.69. The minimum atomic E-state index is -4.16. The molecule has 33 heavy (non-hydrogen) atoms. The molecule has 1 atom stereocenters. The normalized spacial score (nSPS) is 12.3. The molecule has 0 aliphatic rings. The lowest BCUT2D eigenvalue weighted by Gasteiger charge is -2.17. The SMILES string of the molecule is Cc1ccc(S(=O)(=O)NC(=O)C(C)Oc2cc(-n3ncc(=O)n(C)c3=O)c(F)cc2Cl)cc1. The number of hydrogen-bond donors (Lipinski definition) is 1. The van der Waals surface area contributed by atoms with Gasteiger partial charge < -0.3 is 4.74 Å². The number of rotatable bonds is 6. The summed E-state index contributed by atoms with van der Waals surface area (Å²) in [6.07, 6.45) is -0.548. The number of sulfonamides is 1. The van der Waals surface area contributed by atoms with Gasteiger partial charge >= 0.3 is 5.69 Å². The number of nitrogens with zero attached hydrogens (tertiary/aromatic N) is 3. The molecular weight excluding hydrogens is 479 g/mol. The number of aromatic nitrogens is 3. The molecule has 1 unspecified atom stereocenters. The minimum absolute atomic E-state index is 0.115. The highest BCUT2D eigenvalue weighted by Gasteiger charge is 2.24. The zero-order valence-corrected chi connectivity index (χ0v) is 19.1. The second-order valence-electron chi connectivity index (χ2n) is 7.01. The van der Waals surface area contributed by atoms with Gasteiger partial charge in [0.2, 0.25) is 0 Å². The van der Waals surface area contributed by atoms with Crippen LogP contribution in [-0.4, -0.2) is 34.8 Å². The highest BCUT2D eigenvalue weighted by Crippen LogP contribution is 2.30. The lowest BCUT2D eigenvalue weighted by Crippen LogP contribution is -2.40. The Morgan fingerprint density at radius 3 is 2.48 bits per heavy atom. The van der Waals surface area contributed by atoms with E-state index in [1.807, 2.05) is 4.72 Å². The van der Waals surface area contributed by atoms with Gasteiger partial charge in [0.1, 0.15) is 17.6 Å². The Morgan fingerprint density at radius 2 is 1.85 bits per heavy atom. The van der Waals surface area contributed by atoms with E-state index in [9.17, 15) is 27.2 Å². The number of ether oxygens (including phenoxy) is 1. The second kappa shape index (κ2) is 9.16. The van der Waals surface area contributed by atoms with Crippen LogP contribution in [-0.2, 0) is 21.9 Å². The highest BCUT2D eigenvalue weighted by atomic mass is 35.5. The van der Waals surface area contributed by atoms with Gasteiger partial charge in [0.05, 0.1) is 9.92 Å².